The van der Waals surface area contributed by atoms with Gasteiger partial charge in [0.25, 0.3) is 0 Å². The van der Waals surface area contributed by atoms with Crippen molar-refractivity contribution in [1.82, 2.24) is 10.3 Å². The maximum absolute atomic E-state index is 13.7. The molecule has 2 aromatic carbocycles. The first-order valence-corrected chi connectivity index (χ1v) is 11.3. The van der Waals surface area contributed by atoms with Crippen LogP contribution in [0.25, 0.3) is 22.2 Å². The molecule has 1 fully saturated rings. The van der Waals surface area contributed by atoms with Crippen molar-refractivity contribution in [1.29, 1.82) is 0 Å². The molecule has 1 atom stereocenters. The summed E-state index contributed by atoms with van der Waals surface area (Å²) in [6, 6.07) is 10.2. The Kier molecular flexibility index (Phi) is 7.02. The Hall–Kier alpha value is -2.81. The zero-order chi connectivity index (χ0) is 24.3. The number of alkyl halides is 6. The highest BCUT2D eigenvalue weighted by atomic mass is 19.4. The number of halogens is 6. The summed E-state index contributed by atoms with van der Waals surface area (Å²) in [6.45, 7) is 2.67. The van der Waals surface area contributed by atoms with Crippen LogP contribution in [0, 0.1) is 5.92 Å². The van der Waals surface area contributed by atoms with E-state index < -0.39 is 23.5 Å². The van der Waals surface area contributed by atoms with Gasteiger partial charge in [0.2, 0.25) is 0 Å². The summed E-state index contributed by atoms with van der Waals surface area (Å²) in [4.78, 5) is 4.34. The molecule has 1 aromatic heterocycles. The number of fused-ring (bicyclic) bond motifs is 1. The first kappa shape index (κ1) is 24.3. The Labute approximate surface area is 193 Å². The lowest BCUT2D eigenvalue weighted by Crippen LogP contribution is -2.29. The van der Waals surface area contributed by atoms with Crippen LogP contribution in [0.1, 0.15) is 36.8 Å². The number of para-hydroxylation sites is 1. The van der Waals surface area contributed by atoms with E-state index in [1.807, 2.05) is 12.1 Å². The van der Waals surface area contributed by atoms with E-state index in [4.69, 9.17) is 0 Å². The van der Waals surface area contributed by atoms with Crippen LogP contribution in [0.2, 0.25) is 0 Å². The fourth-order valence-electron chi connectivity index (χ4n) is 4.42. The topological polar surface area (TPSA) is 37.0 Å². The molecule has 1 unspecified atom stereocenters. The zero-order valence-corrected chi connectivity index (χ0v) is 18.4. The van der Waals surface area contributed by atoms with Crippen LogP contribution < -0.4 is 10.6 Å². The monoisotopic (exact) mass is 481 g/mol. The second kappa shape index (κ2) is 9.82. The molecule has 0 radical (unpaired) electrons. The number of nitrogens with zero attached hydrogens (tertiary/aromatic N) is 1. The smallest absolute Gasteiger partial charge is 0.384 e. The number of aromatic nitrogens is 1. The van der Waals surface area contributed by atoms with E-state index >= 15 is 0 Å². The van der Waals surface area contributed by atoms with Crippen LogP contribution >= 0.6 is 0 Å². The second-order valence-electron chi connectivity index (χ2n) is 8.61. The van der Waals surface area contributed by atoms with E-state index in [1.165, 1.54) is 12.5 Å². The summed E-state index contributed by atoms with van der Waals surface area (Å²) < 4.78 is 80.4. The lowest BCUT2D eigenvalue weighted by Gasteiger charge is -2.22. The number of hydrogen-bond donors (Lipinski definition) is 2. The Morgan fingerprint density at radius 3 is 2.47 bits per heavy atom. The van der Waals surface area contributed by atoms with Gasteiger partial charge in [-0.2, -0.15) is 26.3 Å². The minimum Gasteiger partial charge on any atom is -0.384 e. The Bertz CT molecular complexity index is 1130. The molecule has 9 heteroatoms. The SMILES string of the molecule is FC(F)(F)c1ccc(-c2cc(NCCCC3CCCNC3)c3ccccc3n2)c(C(F)(F)F)c1. The van der Waals surface area contributed by atoms with Crippen molar-refractivity contribution in [3.05, 3.63) is 59.7 Å². The molecule has 182 valence electrons. The third-order valence-corrected chi connectivity index (χ3v) is 6.15. The van der Waals surface area contributed by atoms with Crippen LogP contribution in [0.5, 0.6) is 0 Å². The van der Waals surface area contributed by atoms with E-state index in [1.54, 1.807) is 12.1 Å². The summed E-state index contributed by atoms with van der Waals surface area (Å²) >= 11 is 0. The number of benzene rings is 2. The van der Waals surface area contributed by atoms with Gasteiger partial charge in [0.05, 0.1) is 22.3 Å². The van der Waals surface area contributed by atoms with Gasteiger partial charge in [-0.3, -0.25) is 0 Å². The maximum atomic E-state index is 13.7. The summed E-state index contributed by atoms with van der Waals surface area (Å²) in [7, 11) is 0. The Morgan fingerprint density at radius 1 is 0.971 bits per heavy atom. The number of piperidine rings is 1. The van der Waals surface area contributed by atoms with Gasteiger partial charge < -0.3 is 10.6 Å². The lowest BCUT2D eigenvalue weighted by molar-refractivity contribution is -0.142. The fourth-order valence-corrected chi connectivity index (χ4v) is 4.42. The van der Waals surface area contributed by atoms with Crippen molar-refractivity contribution in [2.24, 2.45) is 5.92 Å². The normalized spacial score (nSPS) is 17.2. The first-order chi connectivity index (χ1) is 16.1. The molecule has 0 amide bonds. The van der Waals surface area contributed by atoms with Crippen LogP contribution in [0.4, 0.5) is 32.0 Å². The number of hydrogen-bond acceptors (Lipinski definition) is 3. The summed E-state index contributed by atoms with van der Waals surface area (Å²) in [5.41, 5.74) is -2.05. The van der Waals surface area contributed by atoms with Gasteiger partial charge in [0.15, 0.2) is 0 Å². The molecule has 2 N–H and O–H groups in total. The van der Waals surface area contributed by atoms with E-state index in [-0.39, 0.29) is 17.3 Å². The standard InChI is InChI=1S/C25H25F6N3/c26-24(27,28)17-9-10-18(20(13-17)25(29,30)31)23-14-22(19-7-1-2-8-21(19)34-23)33-12-4-6-16-5-3-11-32-15-16/h1-2,7-10,13-14,16,32H,3-6,11-12,15H2,(H,33,34). The first-order valence-electron chi connectivity index (χ1n) is 11.3. The molecule has 4 rings (SSSR count). The summed E-state index contributed by atoms with van der Waals surface area (Å²) in [5, 5.41) is 7.43. The summed E-state index contributed by atoms with van der Waals surface area (Å²) in [6.07, 6.45) is -5.57. The molecule has 3 nitrogen and oxygen atoms in total. The largest absolute Gasteiger partial charge is 0.417 e. The van der Waals surface area contributed by atoms with Crippen molar-refractivity contribution < 1.29 is 26.3 Å². The van der Waals surface area contributed by atoms with Gasteiger partial charge in [-0.05, 0) is 69.0 Å². The van der Waals surface area contributed by atoms with Crippen molar-refractivity contribution in [2.45, 2.75) is 38.0 Å². The quantitative estimate of drug-likeness (QED) is 0.291. The number of anilines is 1. The van der Waals surface area contributed by atoms with Crippen LogP contribution in [0.3, 0.4) is 0 Å². The third kappa shape index (κ3) is 5.63. The van der Waals surface area contributed by atoms with Crippen molar-refractivity contribution in [2.75, 3.05) is 25.0 Å². The van der Waals surface area contributed by atoms with E-state index in [2.05, 4.69) is 15.6 Å². The molecule has 3 aromatic rings. The van der Waals surface area contributed by atoms with Gasteiger partial charge in [-0.25, -0.2) is 4.98 Å². The van der Waals surface area contributed by atoms with Gasteiger partial charge in [0, 0.05) is 23.2 Å². The van der Waals surface area contributed by atoms with E-state index in [0.717, 1.165) is 43.8 Å². The molecule has 0 bridgehead atoms. The van der Waals surface area contributed by atoms with Crippen molar-refractivity contribution >= 4 is 16.6 Å². The molecule has 2 heterocycles. The molecular weight excluding hydrogens is 456 g/mol. The molecule has 34 heavy (non-hydrogen) atoms. The molecule has 1 aliphatic heterocycles. The Balaban J connectivity index is 1.65. The molecular formula is C25H25F6N3. The third-order valence-electron chi connectivity index (χ3n) is 6.15. The molecule has 0 spiro atoms. The number of nitrogens with one attached hydrogen (secondary N) is 2. The number of rotatable bonds is 6. The predicted molar refractivity (Wildman–Crippen MR) is 121 cm³/mol. The van der Waals surface area contributed by atoms with Crippen LogP contribution in [-0.2, 0) is 12.4 Å². The molecule has 0 aliphatic carbocycles. The maximum Gasteiger partial charge on any atom is 0.417 e. The van der Waals surface area contributed by atoms with E-state index in [9.17, 15) is 26.3 Å². The van der Waals surface area contributed by atoms with Crippen LogP contribution in [0.15, 0.2) is 48.5 Å². The van der Waals surface area contributed by atoms with Gasteiger partial charge in [-0.15, -0.1) is 0 Å². The number of pyridine rings is 1. The lowest BCUT2D eigenvalue weighted by atomic mass is 9.95. The fraction of sp³-hybridized carbons (Fsp3) is 0.400. The highest BCUT2D eigenvalue weighted by molar-refractivity contribution is 5.94. The average molecular weight is 481 g/mol. The Morgan fingerprint density at radius 2 is 1.76 bits per heavy atom. The average Bonchev–Trinajstić information content (AvgIpc) is 2.80. The summed E-state index contributed by atoms with van der Waals surface area (Å²) in [5.74, 6) is 0.613. The highest BCUT2D eigenvalue weighted by Crippen LogP contribution is 2.41. The minimum atomic E-state index is -4.97. The van der Waals surface area contributed by atoms with Gasteiger partial charge >= 0.3 is 12.4 Å². The van der Waals surface area contributed by atoms with Crippen molar-refractivity contribution in [3.63, 3.8) is 0 Å². The molecule has 1 aliphatic rings. The van der Waals surface area contributed by atoms with E-state index in [0.29, 0.717) is 29.7 Å². The molecule has 1 saturated heterocycles. The molecule has 0 saturated carbocycles. The van der Waals surface area contributed by atoms with Gasteiger partial charge in [0.1, 0.15) is 0 Å². The van der Waals surface area contributed by atoms with Crippen LogP contribution in [-0.4, -0.2) is 24.6 Å². The predicted octanol–water partition coefficient (Wildman–Crippen LogP) is 7.13. The van der Waals surface area contributed by atoms with Crippen molar-refractivity contribution in [3.8, 4) is 11.3 Å². The second-order valence-corrected chi connectivity index (χ2v) is 8.61. The minimum absolute atomic E-state index is 0.0290. The zero-order valence-electron chi connectivity index (χ0n) is 18.4. The highest BCUT2D eigenvalue weighted by Gasteiger charge is 2.38. The van der Waals surface area contributed by atoms with Gasteiger partial charge in [-0.1, -0.05) is 24.3 Å².